The Hall–Kier alpha value is -3.50. The third-order valence-electron chi connectivity index (χ3n) is 5.86. The summed E-state index contributed by atoms with van der Waals surface area (Å²) in [5, 5.41) is 3.32. The highest BCUT2D eigenvalue weighted by atomic mass is 19.1. The van der Waals surface area contributed by atoms with Crippen LogP contribution in [0.3, 0.4) is 0 Å². The maximum Gasteiger partial charge on any atom is 0.250 e. The first-order valence-electron chi connectivity index (χ1n) is 11.6. The van der Waals surface area contributed by atoms with Crippen LogP contribution in [0, 0.1) is 18.6 Å². The molecule has 3 N–H and O–H groups in total. The number of piperazine rings is 1. The van der Waals surface area contributed by atoms with Gasteiger partial charge in [-0.05, 0) is 50.8 Å². The van der Waals surface area contributed by atoms with Crippen LogP contribution >= 0.6 is 0 Å². The Bertz CT molecular complexity index is 1290. The number of allylic oxidation sites excluding steroid dienone is 1. The topological polar surface area (TPSA) is 97.2 Å². The Kier molecular flexibility index (Phi) is 7.62. The number of rotatable bonds is 7. The molecule has 1 saturated heterocycles. The lowest BCUT2D eigenvalue weighted by Crippen LogP contribution is -2.44. The molecule has 0 atom stereocenters. The number of aliphatic imine (C=N–C) groups is 1. The number of aromatic nitrogens is 4. The van der Waals surface area contributed by atoms with Gasteiger partial charge in [0.2, 0.25) is 5.95 Å². The van der Waals surface area contributed by atoms with Gasteiger partial charge in [0.25, 0.3) is 0 Å². The highest BCUT2D eigenvalue weighted by molar-refractivity contribution is 5.83. The molecule has 2 aromatic heterocycles. The second-order valence-electron chi connectivity index (χ2n) is 8.72. The summed E-state index contributed by atoms with van der Waals surface area (Å²) in [5.41, 5.74) is 7.84. The first-order chi connectivity index (χ1) is 16.9. The van der Waals surface area contributed by atoms with Crippen molar-refractivity contribution in [3.8, 4) is 11.3 Å². The quantitative estimate of drug-likeness (QED) is 0.396. The molecule has 1 aromatic carbocycles. The van der Waals surface area contributed by atoms with Gasteiger partial charge in [-0.2, -0.15) is 0 Å². The zero-order chi connectivity index (χ0) is 24.9. The molecule has 1 fully saturated rings. The standard InChI is InChI=1S/C25H30F2N8/c1-16(2)35-17(3)32-24-20(26)11-19(12-22(24)35)23-21(27)14-31-25(33-23)30-6-4-5-18(13-28)15-34-9-7-29-8-10-34/h4-6,11-14,16,29H,7-10,15,28H2,1-3H3. The van der Waals surface area contributed by atoms with E-state index in [1.165, 1.54) is 12.3 Å². The minimum atomic E-state index is -0.657. The van der Waals surface area contributed by atoms with Crippen molar-refractivity contribution in [1.82, 2.24) is 29.7 Å². The zero-order valence-electron chi connectivity index (χ0n) is 20.2. The van der Waals surface area contributed by atoms with Crippen molar-refractivity contribution in [1.29, 1.82) is 0 Å². The average molecular weight is 481 g/mol. The summed E-state index contributed by atoms with van der Waals surface area (Å²) >= 11 is 0. The largest absolute Gasteiger partial charge is 0.404 e. The molecule has 3 aromatic rings. The summed E-state index contributed by atoms with van der Waals surface area (Å²) in [5.74, 6) is -0.429. The van der Waals surface area contributed by atoms with Gasteiger partial charge in [0.15, 0.2) is 11.6 Å². The van der Waals surface area contributed by atoms with E-state index in [0.717, 1.165) is 44.5 Å². The number of fused-ring (bicyclic) bond motifs is 1. The number of hydrogen-bond acceptors (Lipinski definition) is 7. The van der Waals surface area contributed by atoms with Gasteiger partial charge in [-0.1, -0.05) is 6.08 Å². The fraction of sp³-hybridized carbons (Fsp3) is 0.360. The third-order valence-corrected chi connectivity index (χ3v) is 5.86. The summed E-state index contributed by atoms with van der Waals surface area (Å²) in [7, 11) is 0. The van der Waals surface area contributed by atoms with E-state index in [-0.39, 0.29) is 23.2 Å². The van der Waals surface area contributed by atoms with E-state index < -0.39 is 11.6 Å². The smallest absolute Gasteiger partial charge is 0.250 e. The number of nitrogens with zero attached hydrogens (tertiary/aromatic N) is 6. The van der Waals surface area contributed by atoms with Crippen LogP contribution in [0.2, 0.25) is 0 Å². The molecule has 4 rings (SSSR count). The second-order valence-corrected chi connectivity index (χ2v) is 8.72. The Balaban J connectivity index is 1.56. The van der Waals surface area contributed by atoms with Gasteiger partial charge in [0.05, 0.1) is 11.7 Å². The summed E-state index contributed by atoms with van der Waals surface area (Å²) in [4.78, 5) is 19.0. The molecule has 0 aliphatic carbocycles. The molecule has 3 heterocycles. The van der Waals surface area contributed by atoms with Crippen molar-refractivity contribution in [2.24, 2.45) is 10.7 Å². The van der Waals surface area contributed by atoms with Gasteiger partial charge in [-0.15, -0.1) is 0 Å². The summed E-state index contributed by atoms with van der Waals surface area (Å²) in [6, 6.07) is 3.01. The molecular formula is C25H30F2N8. The van der Waals surface area contributed by atoms with Gasteiger partial charge in [0, 0.05) is 50.5 Å². The SMILES string of the molecule is Cc1nc2c(F)cc(-c3nc(N=CC=CC(=CN)CN4CCNCC4)ncc3F)cc2n1C(C)C. The Morgan fingerprint density at radius 1 is 1.20 bits per heavy atom. The number of benzene rings is 1. The van der Waals surface area contributed by atoms with Gasteiger partial charge in [-0.3, -0.25) is 4.90 Å². The molecular weight excluding hydrogens is 450 g/mol. The van der Waals surface area contributed by atoms with Crippen LogP contribution in [0.4, 0.5) is 14.7 Å². The van der Waals surface area contributed by atoms with Gasteiger partial charge in [0.1, 0.15) is 17.0 Å². The monoisotopic (exact) mass is 480 g/mol. The van der Waals surface area contributed by atoms with E-state index in [9.17, 15) is 8.78 Å². The lowest BCUT2D eigenvalue weighted by atomic mass is 10.1. The number of halogens is 2. The second kappa shape index (κ2) is 10.8. The van der Waals surface area contributed by atoms with Crippen LogP contribution in [-0.4, -0.2) is 63.4 Å². The maximum absolute atomic E-state index is 14.8. The molecule has 10 heteroatoms. The lowest BCUT2D eigenvalue weighted by Gasteiger charge is -2.27. The Labute approximate surface area is 203 Å². The summed E-state index contributed by atoms with van der Waals surface area (Å²) in [6.07, 6.45) is 7.76. The van der Waals surface area contributed by atoms with Crippen molar-refractivity contribution < 1.29 is 8.78 Å². The maximum atomic E-state index is 14.8. The molecule has 0 amide bonds. The predicted octanol–water partition coefficient (Wildman–Crippen LogP) is 3.67. The fourth-order valence-electron chi connectivity index (χ4n) is 4.24. The third kappa shape index (κ3) is 5.60. The van der Waals surface area contributed by atoms with Crippen molar-refractivity contribution in [2.75, 3.05) is 32.7 Å². The van der Waals surface area contributed by atoms with E-state index in [0.29, 0.717) is 16.9 Å². The number of hydrogen-bond donors (Lipinski definition) is 2. The molecule has 0 saturated carbocycles. The molecule has 0 bridgehead atoms. The molecule has 0 radical (unpaired) electrons. The summed E-state index contributed by atoms with van der Waals surface area (Å²) < 4.78 is 31.4. The van der Waals surface area contributed by atoms with Gasteiger partial charge >= 0.3 is 0 Å². The number of aryl methyl sites for hydroxylation is 1. The van der Waals surface area contributed by atoms with Crippen LogP contribution in [0.1, 0.15) is 25.7 Å². The minimum absolute atomic E-state index is 0.0210. The predicted molar refractivity (Wildman–Crippen MR) is 135 cm³/mol. The molecule has 0 unspecified atom stereocenters. The Morgan fingerprint density at radius 2 is 1.97 bits per heavy atom. The Morgan fingerprint density at radius 3 is 2.69 bits per heavy atom. The van der Waals surface area contributed by atoms with Crippen LogP contribution in [0.15, 0.2) is 47.2 Å². The molecule has 8 nitrogen and oxygen atoms in total. The lowest BCUT2D eigenvalue weighted by molar-refractivity contribution is 0.261. The average Bonchev–Trinajstić information content (AvgIpc) is 3.19. The highest BCUT2D eigenvalue weighted by Crippen LogP contribution is 2.30. The first kappa shape index (κ1) is 24.6. The molecule has 35 heavy (non-hydrogen) atoms. The minimum Gasteiger partial charge on any atom is -0.404 e. The molecule has 0 spiro atoms. The number of nitrogens with two attached hydrogens (primary N) is 1. The molecule has 184 valence electrons. The van der Waals surface area contributed by atoms with Crippen molar-refractivity contribution in [3.05, 3.63) is 59.7 Å². The fourth-order valence-corrected chi connectivity index (χ4v) is 4.24. The zero-order valence-corrected chi connectivity index (χ0v) is 20.2. The van der Waals surface area contributed by atoms with Crippen LogP contribution in [0.25, 0.3) is 22.3 Å². The first-order valence-corrected chi connectivity index (χ1v) is 11.6. The van der Waals surface area contributed by atoms with Crippen molar-refractivity contribution in [2.45, 2.75) is 26.8 Å². The number of nitrogens with one attached hydrogen (secondary N) is 1. The number of imidazole rings is 1. The van der Waals surface area contributed by atoms with E-state index in [2.05, 4.69) is 30.2 Å². The van der Waals surface area contributed by atoms with Gasteiger partial charge in [-0.25, -0.2) is 28.7 Å². The molecule has 1 aliphatic rings. The highest BCUT2D eigenvalue weighted by Gasteiger charge is 2.18. The van der Waals surface area contributed by atoms with Gasteiger partial charge < -0.3 is 15.6 Å². The van der Waals surface area contributed by atoms with E-state index in [4.69, 9.17) is 5.73 Å². The van der Waals surface area contributed by atoms with Crippen LogP contribution in [-0.2, 0) is 0 Å². The van der Waals surface area contributed by atoms with Crippen molar-refractivity contribution >= 4 is 23.2 Å². The van der Waals surface area contributed by atoms with Crippen molar-refractivity contribution in [3.63, 3.8) is 0 Å². The van der Waals surface area contributed by atoms with Crippen LogP contribution < -0.4 is 11.1 Å². The van der Waals surface area contributed by atoms with Crippen LogP contribution in [0.5, 0.6) is 0 Å². The van der Waals surface area contributed by atoms with E-state index in [1.807, 2.05) is 31.4 Å². The molecule has 1 aliphatic heterocycles. The van der Waals surface area contributed by atoms with E-state index in [1.54, 1.807) is 18.3 Å². The van der Waals surface area contributed by atoms with E-state index >= 15 is 0 Å². The normalized spacial score (nSPS) is 15.9. The summed E-state index contributed by atoms with van der Waals surface area (Å²) in [6.45, 7) is 10.4.